The molecule has 90 valence electrons. The van der Waals surface area contributed by atoms with E-state index in [1.54, 1.807) is 25.2 Å². The van der Waals surface area contributed by atoms with E-state index in [2.05, 4.69) is 9.72 Å². The highest BCUT2D eigenvalue weighted by Gasteiger charge is 2.09. The van der Waals surface area contributed by atoms with E-state index in [-0.39, 0.29) is 0 Å². The van der Waals surface area contributed by atoms with Crippen LogP contribution in [0.5, 0.6) is 0 Å². The van der Waals surface area contributed by atoms with Gasteiger partial charge in [-0.1, -0.05) is 6.07 Å². The summed E-state index contributed by atoms with van der Waals surface area (Å²) in [6.45, 7) is 0.399. The first-order valence-electron chi connectivity index (χ1n) is 5.01. The van der Waals surface area contributed by atoms with Gasteiger partial charge in [-0.3, -0.25) is 4.98 Å². The number of carbonyl (C=O) groups excluding carboxylic acids is 1. The summed E-state index contributed by atoms with van der Waals surface area (Å²) in [5.74, 6) is -0.488. The Morgan fingerprint density at radius 3 is 3.00 bits per heavy atom. The molecule has 1 aromatic heterocycles. The molecular weight excluding hydrogens is 224 g/mol. The molecule has 0 bridgehead atoms. The molecule has 0 spiro atoms. The fraction of sp³-hybridized carbons (Fsp3) is 0.273. The first kappa shape index (κ1) is 11.3. The molecule has 17 heavy (non-hydrogen) atoms. The highest BCUT2D eigenvalue weighted by molar-refractivity contribution is 5.73. The number of aromatic nitrogens is 1. The van der Waals surface area contributed by atoms with Gasteiger partial charge in [0.1, 0.15) is 0 Å². The van der Waals surface area contributed by atoms with Crippen molar-refractivity contribution in [2.45, 2.75) is 6.54 Å². The van der Waals surface area contributed by atoms with Crippen molar-refractivity contribution < 1.29 is 13.9 Å². The predicted octanol–water partition coefficient (Wildman–Crippen LogP) is 1.32. The van der Waals surface area contributed by atoms with Crippen LogP contribution in [0.4, 0.5) is 4.79 Å². The van der Waals surface area contributed by atoms with E-state index in [1.807, 2.05) is 0 Å². The highest BCUT2D eigenvalue weighted by atomic mass is 16.5. The van der Waals surface area contributed by atoms with Crippen LogP contribution < -0.4 is 5.76 Å². The third-order valence-corrected chi connectivity index (χ3v) is 2.39. The predicted molar refractivity (Wildman–Crippen MR) is 60.7 cm³/mol. The van der Waals surface area contributed by atoms with E-state index in [4.69, 9.17) is 4.42 Å². The maximum absolute atomic E-state index is 11.2. The molecule has 0 aliphatic rings. The van der Waals surface area contributed by atoms with Crippen molar-refractivity contribution in [1.29, 1.82) is 0 Å². The van der Waals surface area contributed by atoms with Crippen molar-refractivity contribution in [3.63, 3.8) is 0 Å². The molecule has 0 aliphatic carbocycles. The number of ether oxygens (including phenoxy) is 1. The molecule has 1 aromatic carbocycles. The number of benzene rings is 1. The zero-order valence-electron chi connectivity index (χ0n) is 9.52. The summed E-state index contributed by atoms with van der Waals surface area (Å²) in [6.07, 6.45) is -0.411. The number of rotatable bonds is 2. The van der Waals surface area contributed by atoms with Crippen LogP contribution in [0.1, 0.15) is 5.56 Å². The fourth-order valence-corrected chi connectivity index (χ4v) is 1.59. The second-order valence-electron chi connectivity index (χ2n) is 3.67. The lowest BCUT2D eigenvalue weighted by molar-refractivity contribution is 0.131. The first-order valence-corrected chi connectivity index (χ1v) is 5.01. The Bertz CT molecular complexity index is 599. The van der Waals surface area contributed by atoms with E-state index in [1.165, 1.54) is 12.0 Å². The Labute approximate surface area is 96.8 Å². The van der Waals surface area contributed by atoms with Gasteiger partial charge in [0.25, 0.3) is 0 Å². The lowest BCUT2D eigenvalue weighted by atomic mass is 10.2. The zero-order valence-corrected chi connectivity index (χ0v) is 9.52. The third-order valence-electron chi connectivity index (χ3n) is 2.39. The van der Waals surface area contributed by atoms with Crippen molar-refractivity contribution in [3.8, 4) is 0 Å². The molecule has 0 radical (unpaired) electrons. The number of methoxy groups -OCH3 is 1. The van der Waals surface area contributed by atoms with Gasteiger partial charge in [-0.05, 0) is 17.7 Å². The number of H-pyrrole nitrogens is 1. The minimum Gasteiger partial charge on any atom is -0.453 e. The summed E-state index contributed by atoms with van der Waals surface area (Å²) in [5.41, 5.74) is 1.99. The van der Waals surface area contributed by atoms with Gasteiger partial charge in [0.2, 0.25) is 0 Å². The number of nitrogens with zero attached hydrogens (tertiary/aromatic N) is 1. The fourth-order valence-electron chi connectivity index (χ4n) is 1.59. The SMILES string of the molecule is COC(=O)N(C)Cc1ccc2oc(=O)[nH]c2c1. The maximum Gasteiger partial charge on any atom is 0.417 e. The number of oxazole rings is 1. The summed E-state index contributed by atoms with van der Waals surface area (Å²) < 4.78 is 9.47. The van der Waals surface area contributed by atoms with E-state index in [9.17, 15) is 9.59 Å². The van der Waals surface area contributed by atoms with Crippen LogP contribution in [-0.4, -0.2) is 30.1 Å². The zero-order chi connectivity index (χ0) is 12.4. The van der Waals surface area contributed by atoms with Gasteiger partial charge >= 0.3 is 11.8 Å². The molecule has 1 heterocycles. The van der Waals surface area contributed by atoms with Crippen molar-refractivity contribution in [2.75, 3.05) is 14.2 Å². The number of hydrogen-bond donors (Lipinski definition) is 1. The molecule has 6 nitrogen and oxygen atoms in total. The molecule has 0 saturated carbocycles. The van der Waals surface area contributed by atoms with E-state index < -0.39 is 11.8 Å². The number of carbonyl (C=O) groups is 1. The van der Waals surface area contributed by atoms with Crippen molar-refractivity contribution >= 4 is 17.2 Å². The number of aromatic amines is 1. The van der Waals surface area contributed by atoms with Gasteiger partial charge in [-0.25, -0.2) is 9.59 Å². The van der Waals surface area contributed by atoms with Crippen LogP contribution >= 0.6 is 0 Å². The molecule has 6 heteroatoms. The Kier molecular flexibility index (Phi) is 2.86. The molecular formula is C11H12N2O4. The number of hydrogen-bond acceptors (Lipinski definition) is 4. The minimum atomic E-state index is -0.488. The number of amides is 1. The normalized spacial score (nSPS) is 10.5. The van der Waals surface area contributed by atoms with Crippen LogP contribution in [0.3, 0.4) is 0 Å². The lowest BCUT2D eigenvalue weighted by Gasteiger charge is -2.15. The Morgan fingerprint density at radius 2 is 2.29 bits per heavy atom. The van der Waals surface area contributed by atoms with E-state index in [0.29, 0.717) is 17.6 Å². The monoisotopic (exact) mass is 236 g/mol. The number of nitrogens with one attached hydrogen (secondary N) is 1. The molecule has 0 unspecified atom stereocenters. The van der Waals surface area contributed by atoms with Crippen LogP contribution in [0.25, 0.3) is 11.1 Å². The van der Waals surface area contributed by atoms with Gasteiger partial charge in [-0.15, -0.1) is 0 Å². The summed E-state index contributed by atoms with van der Waals surface area (Å²) in [5, 5.41) is 0. The van der Waals surface area contributed by atoms with E-state index >= 15 is 0 Å². The molecule has 2 rings (SSSR count). The van der Waals surface area contributed by atoms with Crippen LogP contribution in [0.15, 0.2) is 27.4 Å². The summed E-state index contributed by atoms with van der Waals surface area (Å²) in [4.78, 5) is 26.2. The van der Waals surface area contributed by atoms with Crippen molar-refractivity contribution in [2.24, 2.45) is 0 Å². The molecule has 1 N–H and O–H groups in total. The van der Waals surface area contributed by atoms with Gasteiger partial charge in [0, 0.05) is 13.6 Å². The van der Waals surface area contributed by atoms with Gasteiger partial charge in [0.15, 0.2) is 5.58 Å². The largest absolute Gasteiger partial charge is 0.453 e. The Hall–Kier alpha value is -2.24. The topological polar surface area (TPSA) is 75.5 Å². The smallest absolute Gasteiger partial charge is 0.417 e. The third kappa shape index (κ3) is 2.30. The summed E-state index contributed by atoms with van der Waals surface area (Å²) in [6, 6.07) is 5.24. The summed E-state index contributed by atoms with van der Waals surface area (Å²) in [7, 11) is 2.96. The average Bonchev–Trinajstić information content (AvgIpc) is 2.67. The standard InChI is InChI=1S/C11H12N2O4/c1-13(11(15)16-2)6-7-3-4-9-8(5-7)12-10(14)17-9/h3-5H,6H2,1-2H3,(H,12,14). The first-order chi connectivity index (χ1) is 8.10. The maximum atomic E-state index is 11.2. The van der Waals surface area contributed by atoms with Crippen LogP contribution in [-0.2, 0) is 11.3 Å². The second-order valence-corrected chi connectivity index (χ2v) is 3.67. The number of fused-ring (bicyclic) bond motifs is 1. The van der Waals surface area contributed by atoms with E-state index in [0.717, 1.165) is 5.56 Å². The van der Waals surface area contributed by atoms with Gasteiger partial charge in [0.05, 0.1) is 12.6 Å². The quantitative estimate of drug-likeness (QED) is 0.853. The molecule has 0 aliphatic heterocycles. The van der Waals surface area contributed by atoms with Crippen LogP contribution in [0, 0.1) is 0 Å². The van der Waals surface area contributed by atoms with Gasteiger partial charge in [-0.2, -0.15) is 0 Å². The lowest BCUT2D eigenvalue weighted by Crippen LogP contribution is -2.25. The molecule has 0 saturated heterocycles. The van der Waals surface area contributed by atoms with Gasteiger partial charge < -0.3 is 14.1 Å². The molecule has 2 aromatic rings. The Balaban J connectivity index is 2.24. The molecule has 0 fully saturated rings. The summed E-state index contributed by atoms with van der Waals surface area (Å²) >= 11 is 0. The molecule has 0 atom stereocenters. The van der Waals surface area contributed by atoms with Crippen LogP contribution in [0.2, 0.25) is 0 Å². The molecule has 1 amide bonds. The average molecular weight is 236 g/mol. The highest BCUT2D eigenvalue weighted by Crippen LogP contribution is 2.13. The minimum absolute atomic E-state index is 0.399. The van der Waals surface area contributed by atoms with Crippen molar-refractivity contribution in [3.05, 3.63) is 34.3 Å². The second kappa shape index (κ2) is 4.32. The van der Waals surface area contributed by atoms with Crippen molar-refractivity contribution in [1.82, 2.24) is 9.88 Å². The Morgan fingerprint density at radius 1 is 1.53 bits per heavy atom.